The van der Waals surface area contributed by atoms with Crippen molar-refractivity contribution in [2.75, 3.05) is 6.61 Å². The summed E-state index contributed by atoms with van der Waals surface area (Å²) in [5, 5.41) is 8.23. The quantitative estimate of drug-likeness (QED) is 0.836. The largest absolute Gasteiger partial charge is 0.470 e. The topological polar surface area (TPSA) is 94.3 Å². The standard InChI is InChI=1S/C14H12F3N3O4/c1-2-23-12(22)9(11-19-20-13(24-11)14(15,16)17)18-10(21)8-6-4-3-5-7-8/h3-7,9H,2H2,1H3,(H,18,21)/t9-/m0/s1. The second-order valence-corrected chi connectivity index (χ2v) is 4.47. The second kappa shape index (κ2) is 7.11. The Balaban J connectivity index is 2.27. The third-order valence-electron chi connectivity index (χ3n) is 2.76. The van der Waals surface area contributed by atoms with Crippen molar-refractivity contribution in [2.24, 2.45) is 0 Å². The molecule has 0 saturated heterocycles. The lowest BCUT2D eigenvalue weighted by molar-refractivity contribution is -0.158. The first-order valence-electron chi connectivity index (χ1n) is 6.76. The number of benzene rings is 1. The minimum Gasteiger partial charge on any atom is -0.464 e. The molecule has 10 heteroatoms. The number of nitrogens with one attached hydrogen (secondary N) is 1. The SMILES string of the molecule is CCOC(=O)[C@@H](NC(=O)c1ccccc1)c1nnc(C(F)(F)F)o1. The summed E-state index contributed by atoms with van der Waals surface area (Å²) in [4.78, 5) is 24.0. The molecule has 128 valence electrons. The number of amides is 1. The van der Waals surface area contributed by atoms with Gasteiger partial charge in [-0.2, -0.15) is 13.2 Å². The van der Waals surface area contributed by atoms with Crippen LogP contribution in [0.2, 0.25) is 0 Å². The van der Waals surface area contributed by atoms with Gasteiger partial charge in [-0.05, 0) is 19.1 Å². The van der Waals surface area contributed by atoms with Crippen molar-refractivity contribution in [3.63, 3.8) is 0 Å². The summed E-state index contributed by atoms with van der Waals surface area (Å²) < 4.78 is 46.8. The van der Waals surface area contributed by atoms with Crippen LogP contribution in [0.1, 0.15) is 35.1 Å². The summed E-state index contributed by atoms with van der Waals surface area (Å²) in [5.41, 5.74) is 0.197. The van der Waals surface area contributed by atoms with Gasteiger partial charge in [-0.1, -0.05) is 18.2 Å². The van der Waals surface area contributed by atoms with E-state index in [1.807, 2.05) is 0 Å². The van der Waals surface area contributed by atoms with Crippen LogP contribution in [0.25, 0.3) is 0 Å². The number of alkyl halides is 3. The van der Waals surface area contributed by atoms with Crippen LogP contribution in [0.15, 0.2) is 34.7 Å². The van der Waals surface area contributed by atoms with Crippen molar-refractivity contribution in [1.82, 2.24) is 15.5 Å². The van der Waals surface area contributed by atoms with E-state index in [1.165, 1.54) is 19.1 Å². The van der Waals surface area contributed by atoms with Crippen LogP contribution in [0, 0.1) is 0 Å². The molecule has 1 atom stereocenters. The van der Waals surface area contributed by atoms with Crippen molar-refractivity contribution < 1.29 is 31.9 Å². The predicted octanol–water partition coefficient (Wildman–Crippen LogP) is 2.12. The average molecular weight is 343 g/mol. The van der Waals surface area contributed by atoms with E-state index in [2.05, 4.69) is 19.9 Å². The summed E-state index contributed by atoms with van der Waals surface area (Å²) in [7, 11) is 0. The fourth-order valence-corrected chi connectivity index (χ4v) is 1.72. The molecule has 1 aromatic heterocycles. The first kappa shape index (κ1) is 17.4. The van der Waals surface area contributed by atoms with Crippen molar-refractivity contribution in [3.8, 4) is 0 Å². The number of carbonyl (C=O) groups excluding carboxylic acids is 2. The molecule has 1 heterocycles. The molecule has 0 saturated carbocycles. The summed E-state index contributed by atoms with van der Waals surface area (Å²) in [6, 6.07) is 6.12. The molecule has 1 aromatic carbocycles. The first-order chi connectivity index (χ1) is 11.3. The van der Waals surface area contributed by atoms with Crippen LogP contribution in [-0.2, 0) is 15.7 Å². The Bertz CT molecular complexity index is 716. The van der Waals surface area contributed by atoms with E-state index in [4.69, 9.17) is 4.74 Å². The van der Waals surface area contributed by atoms with Crippen LogP contribution >= 0.6 is 0 Å². The van der Waals surface area contributed by atoms with E-state index >= 15 is 0 Å². The maximum Gasteiger partial charge on any atom is 0.470 e. The predicted molar refractivity (Wildman–Crippen MR) is 72.6 cm³/mol. The molecule has 0 unspecified atom stereocenters. The van der Waals surface area contributed by atoms with Gasteiger partial charge < -0.3 is 14.5 Å². The van der Waals surface area contributed by atoms with E-state index in [-0.39, 0.29) is 12.2 Å². The molecule has 1 N–H and O–H groups in total. The molecular weight excluding hydrogens is 331 g/mol. The highest BCUT2D eigenvalue weighted by molar-refractivity contribution is 5.96. The Morgan fingerprint density at radius 3 is 2.46 bits per heavy atom. The highest BCUT2D eigenvalue weighted by atomic mass is 19.4. The number of hydrogen-bond donors (Lipinski definition) is 1. The Morgan fingerprint density at radius 1 is 1.25 bits per heavy atom. The van der Waals surface area contributed by atoms with Crippen LogP contribution in [-0.4, -0.2) is 28.7 Å². The average Bonchev–Trinajstić information content (AvgIpc) is 3.03. The van der Waals surface area contributed by atoms with Crippen molar-refractivity contribution in [3.05, 3.63) is 47.7 Å². The molecule has 7 nitrogen and oxygen atoms in total. The zero-order valence-corrected chi connectivity index (χ0v) is 12.3. The maximum absolute atomic E-state index is 12.5. The fraction of sp³-hybridized carbons (Fsp3) is 0.286. The molecule has 0 spiro atoms. The first-order valence-corrected chi connectivity index (χ1v) is 6.76. The minimum atomic E-state index is -4.87. The molecular formula is C14H12F3N3O4. The summed E-state index contributed by atoms with van der Waals surface area (Å²) in [6.07, 6.45) is -4.87. The van der Waals surface area contributed by atoms with Gasteiger partial charge in [0, 0.05) is 5.56 Å². The van der Waals surface area contributed by atoms with Gasteiger partial charge in [-0.15, -0.1) is 10.2 Å². The van der Waals surface area contributed by atoms with Crippen LogP contribution in [0.5, 0.6) is 0 Å². The smallest absolute Gasteiger partial charge is 0.464 e. The zero-order chi connectivity index (χ0) is 17.7. The molecule has 1 amide bonds. The van der Waals surface area contributed by atoms with Gasteiger partial charge in [0.25, 0.3) is 11.8 Å². The number of nitrogens with zero attached hydrogens (tertiary/aromatic N) is 2. The van der Waals surface area contributed by atoms with E-state index in [1.54, 1.807) is 18.2 Å². The Morgan fingerprint density at radius 2 is 1.92 bits per heavy atom. The van der Waals surface area contributed by atoms with Gasteiger partial charge in [0.05, 0.1) is 6.61 Å². The van der Waals surface area contributed by atoms with Crippen molar-refractivity contribution >= 4 is 11.9 Å². The van der Waals surface area contributed by atoms with Crippen molar-refractivity contribution in [1.29, 1.82) is 0 Å². The summed E-state index contributed by atoms with van der Waals surface area (Å²) >= 11 is 0. The number of hydrogen-bond acceptors (Lipinski definition) is 6. The van der Waals surface area contributed by atoms with Gasteiger partial charge in [0.1, 0.15) is 0 Å². The van der Waals surface area contributed by atoms with E-state index in [0.717, 1.165) is 0 Å². The van der Waals surface area contributed by atoms with Gasteiger partial charge in [0.15, 0.2) is 0 Å². The lowest BCUT2D eigenvalue weighted by atomic mass is 10.2. The molecule has 2 rings (SSSR count). The third-order valence-corrected chi connectivity index (χ3v) is 2.76. The second-order valence-electron chi connectivity index (χ2n) is 4.47. The lowest BCUT2D eigenvalue weighted by Crippen LogP contribution is -2.35. The molecule has 0 aliphatic heterocycles. The molecule has 0 fully saturated rings. The van der Waals surface area contributed by atoms with Crippen molar-refractivity contribution in [2.45, 2.75) is 19.1 Å². The fourth-order valence-electron chi connectivity index (χ4n) is 1.72. The highest BCUT2D eigenvalue weighted by Crippen LogP contribution is 2.29. The van der Waals surface area contributed by atoms with Gasteiger partial charge in [-0.25, -0.2) is 4.79 Å². The van der Waals surface area contributed by atoms with E-state index in [9.17, 15) is 22.8 Å². The Labute approximate surface area is 133 Å². The lowest BCUT2D eigenvalue weighted by Gasteiger charge is -2.14. The van der Waals surface area contributed by atoms with Crippen LogP contribution in [0.4, 0.5) is 13.2 Å². The monoisotopic (exact) mass is 343 g/mol. The van der Waals surface area contributed by atoms with E-state index < -0.39 is 35.9 Å². The molecule has 24 heavy (non-hydrogen) atoms. The normalized spacial score (nSPS) is 12.5. The number of aromatic nitrogens is 2. The van der Waals surface area contributed by atoms with Gasteiger partial charge in [-0.3, -0.25) is 4.79 Å². The number of halogens is 3. The molecule has 0 aliphatic rings. The highest BCUT2D eigenvalue weighted by Gasteiger charge is 2.40. The minimum absolute atomic E-state index is 0.0448. The Hall–Kier alpha value is -2.91. The summed E-state index contributed by atoms with van der Waals surface area (Å²) in [5.74, 6) is -4.06. The Kier molecular flexibility index (Phi) is 5.17. The van der Waals surface area contributed by atoms with Crippen LogP contribution < -0.4 is 5.32 Å². The molecule has 0 bridgehead atoms. The van der Waals surface area contributed by atoms with Crippen LogP contribution in [0.3, 0.4) is 0 Å². The van der Waals surface area contributed by atoms with Gasteiger partial charge in [0.2, 0.25) is 6.04 Å². The van der Waals surface area contributed by atoms with E-state index in [0.29, 0.717) is 0 Å². The molecule has 0 radical (unpaired) electrons. The summed E-state index contributed by atoms with van der Waals surface area (Å²) in [6.45, 7) is 1.46. The maximum atomic E-state index is 12.5. The molecule has 0 aliphatic carbocycles. The molecule has 2 aromatic rings. The zero-order valence-electron chi connectivity index (χ0n) is 12.3. The number of rotatable bonds is 5. The van der Waals surface area contributed by atoms with Gasteiger partial charge >= 0.3 is 18.0 Å². The third kappa shape index (κ3) is 4.09. The number of ether oxygens (including phenoxy) is 1. The number of carbonyl (C=O) groups is 2. The number of esters is 1.